The van der Waals surface area contributed by atoms with E-state index in [1.807, 2.05) is 41.8 Å². The summed E-state index contributed by atoms with van der Waals surface area (Å²) in [5.41, 5.74) is 1.92. The van der Waals surface area contributed by atoms with Crippen molar-refractivity contribution < 1.29 is 14.7 Å². The number of fused-ring (bicyclic) bond motifs is 1. The number of aliphatic carboxylic acids is 1. The number of aromatic nitrogens is 1. The number of hydrogen-bond acceptors (Lipinski definition) is 2. The molecular weight excluding hydrogens is 268 g/mol. The van der Waals surface area contributed by atoms with Crippen LogP contribution < -0.4 is 5.32 Å². The van der Waals surface area contributed by atoms with E-state index in [1.54, 1.807) is 0 Å². The molecule has 1 amide bonds. The van der Waals surface area contributed by atoms with Gasteiger partial charge in [0.25, 0.3) is 0 Å². The van der Waals surface area contributed by atoms with Crippen molar-refractivity contribution in [2.75, 3.05) is 0 Å². The number of amides is 1. The molecule has 2 rings (SSSR count). The number of carbonyl (C=O) groups is 2. The lowest BCUT2D eigenvalue weighted by Crippen LogP contribution is -2.42. The van der Waals surface area contributed by atoms with Gasteiger partial charge in [-0.2, -0.15) is 0 Å². The number of nitrogens with zero attached hydrogens (tertiary/aromatic N) is 1. The molecule has 110 valence electrons. The van der Waals surface area contributed by atoms with Gasteiger partial charge < -0.3 is 15.0 Å². The van der Waals surface area contributed by atoms with E-state index in [2.05, 4.69) is 11.9 Å². The monoisotopic (exact) mass is 286 g/mol. The number of aryl methyl sites for hydroxylation is 1. The van der Waals surface area contributed by atoms with Crippen LogP contribution in [0.5, 0.6) is 0 Å². The van der Waals surface area contributed by atoms with Crippen molar-refractivity contribution in [2.45, 2.75) is 25.9 Å². The Labute approximate surface area is 122 Å². The summed E-state index contributed by atoms with van der Waals surface area (Å²) in [6, 6.07) is 8.84. The minimum absolute atomic E-state index is 0.0975. The van der Waals surface area contributed by atoms with Crippen LogP contribution in [0.25, 0.3) is 10.9 Å². The fourth-order valence-electron chi connectivity index (χ4n) is 2.33. The highest BCUT2D eigenvalue weighted by atomic mass is 16.4. The molecule has 1 aromatic carbocycles. The van der Waals surface area contributed by atoms with Crippen molar-refractivity contribution in [3.8, 4) is 0 Å². The summed E-state index contributed by atoms with van der Waals surface area (Å²) in [4.78, 5) is 23.1. The molecule has 5 heteroatoms. The first-order valence-electron chi connectivity index (χ1n) is 6.71. The smallest absolute Gasteiger partial charge is 0.326 e. The summed E-state index contributed by atoms with van der Waals surface area (Å²) in [5.74, 6) is -1.38. The Hall–Kier alpha value is -2.56. The molecule has 0 saturated carbocycles. The molecule has 1 heterocycles. The minimum Gasteiger partial charge on any atom is -0.480 e. The fraction of sp³-hybridized carbons (Fsp3) is 0.250. The van der Waals surface area contributed by atoms with Crippen LogP contribution in [0.2, 0.25) is 0 Å². The van der Waals surface area contributed by atoms with Gasteiger partial charge in [-0.25, -0.2) is 4.79 Å². The van der Waals surface area contributed by atoms with E-state index in [9.17, 15) is 9.59 Å². The van der Waals surface area contributed by atoms with Crippen LogP contribution in [-0.2, 0) is 16.1 Å². The van der Waals surface area contributed by atoms with Gasteiger partial charge in [-0.05, 0) is 30.9 Å². The maximum absolute atomic E-state index is 12.1. The molecule has 0 aliphatic rings. The van der Waals surface area contributed by atoms with E-state index in [0.29, 0.717) is 0 Å². The Morgan fingerprint density at radius 1 is 1.43 bits per heavy atom. The van der Waals surface area contributed by atoms with Crippen LogP contribution >= 0.6 is 0 Å². The third-order valence-corrected chi connectivity index (χ3v) is 3.36. The molecule has 2 N–H and O–H groups in total. The number of carboxylic acid groups (broad SMARTS) is 1. The zero-order valence-corrected chi connectivity index (χ0v) is 11.9. The molecule has 0 bridgehead atoms. The molecule has 1 aromatic heterocycles. The van der Waals surface area contributed by atoms with Crippen molar-refractivity contribution in [2.24, 2.45) is 0 Å². The lowest BCUT2D eigenvalue weighted by atomic mass is 10.2. The van der Waals surface area contributed by atoms with E-state index in [0.717, 1.165) is 16.6 Å². The molecule has 0 radical (unpaired) electrons. The van der Waals surface area contributed by atoms with Gasteiger partial charge in [-0.3, -0.25) is 4.79 Å². The van der Waals surface area contributed by atoms with Gasteiger partial charge >= 0.3 is 5.97 Å². The molecule has 2 aromatic rings. The minimum atomic E-state index is -1.06. The second-order valence-corrected chi connectivity index (χ2v) is 4.91. The summed E-state index contributed by atoms with van der Waals surface area (Å²) in [6.07, 6.45) is 1.68. The van der Waals surface area contributed by atoms with Gasteiger partial charge in [0.15, 0.2) is 0 Å². The second-order valence-electron chi connectivity index (χ2n) is 4.91. The van der Waals surface area contributed by atoms with Crippen molar-refractivity contribution in [3.63, 3.8) is 0 Å². The first kappa shape index (κ1) is 14.8. The zero-order valence-electron chi connectivity index (χ0n) is 11.9. The number of benzene rings is 1. The van der Waals surface area contributed by atoms with Gasteiger partial charge in [0.2, 0.25) is 5.91 Å². The second kappa shape index (κ2) is 6.26. The van der Waals surface area contributed by atoms with E-state index < -0.39 is 12.0 Å². The summed E-state index contributed by atoms with van der Waals surface area (Å²) < 4.78 is 1.87. The van der Waals surface area contributed by atoms with Gasteiger partial charge in [-0.15, -0.1) is 6.58 Å². The molecule has 5 nitrogen and oxygen atoms in total. The van der Waals surface area contributed by atoms with Gasteiger partial charge in [-0.1, -0.05) is 24.3 Å². The van der Waals surface area contributed by atoms with Gasteiger partial charge in [0, 0.05) is 11.2 Å². The standard InChI is InChI=1S/C16H18N2O3/c1-3-6-13(16(20)21)17-15(19)10-18-11(2)9-12-7-4-5-8-14(12)18/h3-5,7-9,13H,1,6,10H2,2H3,(H,17,19)(H,20,21). The Morgan fingerprint density at radius 3 is 2.81 bits per heavy atom. The quantitative estimate of drug-likeness (QED) is 0.799. The molecule has 0 aliphatic carbocycles. The number of rotatable bonds is 6. The van der Waals surface area contributed by atoms with Crippen molar-refractivity contribution in [3.05, 3.63) is 48.7 Å². The van der Waals surface area contributed by atoms with E-state index >= 15 is 0 Å². The lowest BCUT2D eigenvalue weighted by molar-refractivity contribution is -0.141. The van der Waals surface area contributed by atoms with Crippen molar-refractivity contribution in [1.29, 1.82) is 0 Å². The third kappa shape index (κ3) is 3.31. The molecule has 21 heavy (non-hydrogen) atoms. The molecule has 1 unspecified atom stereocenters. The molecular formula is C16H18N2O3. The summed E-state index contributed by atoms with van der Waals surface area (Å²) in [7, 11) is 0. The van der Waals surface area contributed by atoms with Crippen molar-refractivity contribution in [1.82, 2.24) is 9.88 Å². The maximum atomic E-state index is 12.1. The van der Waals surface area contributed by atoms with E-state index in [-0.39, 0.29) is 18.9 Å². The summed E-state index contributed by atoms with van der Waals surface area (Å²) in [5, 5.41) is 12.6. The summed E-state index contributed by atoms with van der Waals surface area (Å²) in [6.45, 7) is 5.52. The van der Waals surface area contributed by atoms with Crippen LogP contribution in [-0.4, -0.2) is 27.6 Å². The summed E-state index contributed by atoms with van der Waals surface area (Å²) >= 11 is 0. The highest BCUT2D eigenvalue weighted by Crippen LogP contribution is 2.18. The maximum Gasteiger partial charge on any atom is 0.326 e. The largest absolute Gasteiger partial charge is 0.480 e. The molecule has 0 fully saturated rings. The number of hydrogen-bond donors (Lipinski definition) is 2. The predicted octanol–water partition coefficient (Wildman–Crippen LogP) is 2.10. The normalized spacial score (nSPS) is 12.0. The highest BCUT2D eigenvalue weighted by molar-refractivity contribution is 5.86. The Bertz CT molecular complexity index is 688. The van der Waals surface area contributed by atoms with Crippen molar-refractivity contribution >= 4 is 22.8 Å². The van der Waals surface area contributed by atoms with Crippen LogP contribution in [0.3, 0.4) is 0 Å². The topological polar surface area (TPSA) is 71.3 Å². The van der Waals surface area contributed by atoms with Gasteiger partial charge in [0.05, 0.1) is 0 Å². The molecule has 0 spiro atoms. The number of para-hydroxylation sites is 1. The average Bonchev–Trinajstić information content (AvgIpc) is 2.75. The zero-order chi connectivity index (χ0) is 15.4. The van der Waals surface area contributed by atoms with Crippen LogP contribution in [0.4, 0.5) is 0 Å². The van der Waals surface area contributed by atoms with Crippen LogP contribution in [0.15, 0.2) is 43.0 Å². The molecule has 0 saturated heterocycles. The molecule has 0 aliphatic heterocycles. The Balaban J connectivity index is 2.16. The Kier molecular flexibility index (Phi) is 4.42. The SMILES string of the molecule is C=CCC(NC(=O)Cn1c(C)cc2ccccc21)C(=O)O. The number of carboxylic acids is 1. The van der Waals surface area contributed by atoms with Crippen LogP contribution in [0.1, 0.15) is 12.1 Å². The number of carbonyl (C=O) groups excluding carboxylic acids is 1. The lowest BCUT2D eigenvalue weighted by Gasteiger charge is -2.14. The fourth-order valence-corrected chi connectivity index (χ4v) is 2.33. The van der Waals surface area contributed by atoms with Crippen LogP contribution in [0, 0.1) is 6.92 Å². The van der Waals surface area contributed by atoms with Gasteiger partial charge in [0.1, 0.15) is 12.6 Å². The first-order chi connectivity index (χ1) is 10.0. The predicted molar refractivity (Wildman–Crippen MR) is 81.1 cm³/mol. The first-order valence-corrected chi connectivity index (χ1v) is 6.71. The average molecular weight is 286 g/mol. The highest BCUT2D eigenvalue weighted by Gasteiger charge is 2.19. The Morgan fingerprint density at radius 2 is 2.14 bits per heavy atom. The molecule has 1 atom stereocenters. The van der Waals surface area contributed by atoms with E-state index in [4.69, 9.17) is 5.11 Å². The number of nitrogens with one attached hydrogen (secondary N) is 1. The van der Waals surface area contributed by atoms with E-state index in [1.165, 1.54) is 6.08 Å². The third-order valence-electron chi connectivity index (χ3n) is 3.36.